The molecule has 0 atom stereocenters. The highest BCUT2D eigenvalue weighted by Crippen LogP contribution is 2.24. The number of aromatic nitrogens is 2. The number of benzene rings is 2. The van der Waals surface area contributed by atoms with Crippen molar-refractivity contribution in [1.29, 1.82) is 0 Å². The summed E-state index contributed by atoms with van der Waals surface area (Å²) in [6.07, 6.45) is 0. The first kappa shape index (κ1) is 17.6. The van der Waals surface area contributed by atoms with Gasteiger partial charge < -0.3 is 9.73 Å². The third-order valence-corrected chi connectivity index (χ3v) is 4.97. The minimum absolute atomic E-state index is 0.139. The lowest BCUT2D eigenvalue weighted by Crippen LogP contribution is -2.14. The van der Waals surface area contributed by atoms with Gasteiger partial charge in [-0.3, -0.25) is 4.79 Å². The summed E-state index contributed by atoms with van der Waals surface area (Å²) >= 11 is 4.56. The van der Waals surface area contributed by atoms with E-state index in [1.54, 1.807) is 12.1 Å². The van der Waals surface area contributed by atoms with E-state index in [1.807, 2.05) is 25.1 Å². The Morgan fingerprint density at radius 1 is 1.24 bits per heavy atom. The summed E-state index contributed by atoms with van der Waals surface area (Å²) < 4.78 is 19.4. The smallest absolute Gasteiger partial charge is 0.277 e. The van der Waals surface area contributed by atoms with Gasteiger partial charge in [-0.1, -0.05) is 27.7 Å². The summed E-state index contributed by atoms with van der Waals surface area (Å²) in [5.74, 6) is -0.0856. The van der Waals surface area contributed by atoms with Crippen LogP contribution in [-0.4, -0.2) is 21.9 Å². The van der Waals surface area contributed by atoms with Crippen molar-refractivity contribution in [3.63, 3.8) is 0 Å². The van der Waals surface area contributed by atoms with Crippen LogP contribution in [-0.2, 0) is 4.79 Å². The van der Waals surface area contributed by atoms with Crippen LogP contribution in [0, 0.1) is 12.7 Å². The quantitative estimate of drug-likeness (QED) is 0.605. The molecular formula is C17H13BrFN3O2S. The van der Waals surface area contributed by atoms with Gasteiger partial charge in [0.2, 0.25) is 11.8 Å². The number of nitrogens with zero attached hydrogens (tertiary/aromatic N) is 2. The predicted octanol–water partition coefficient (Wildman–Crippen LogP) is 4.68. The van der Waals surface area contributed by atoms with Gasteiger partial charge in [-0.2, -0.15) is 0 Å². The van der Waals surface area contributed by atoms with E-state index in [0.29, 0.717) is 5.56 Å². The molecular weight excluding hydrogens is 409 g/mol. The van der Waals surface area contributed by atoms with Crippen LogP contribution < -0.4 is 5.32 Å². The molecule has 0 aliphatic carbocycles. The van der Waals surface area contributed by atoms with Gasteiger partial charge in [-0.05, 0) is 55.0 Å². The van der Waals surface area contributed by atoms with E-state index in [9.17, 15) is 9.18 Å². The highest BCUT2D eigenvalue weighted by molar-refractivity contribution is 9.10. The molecule has 0 bridgehead atoms. The summed E-state index contributed by atoms with van der Waals surface area (Å²) in [7, 11) is 0. The number of hydrogen-bond acceptors (Lipinski definition) is 5. The average molecular weight is 422 g/mol. The van der Waals surface area contributed by atoms with E-state index in [4.69, 9.17) is 4.42 Å². The number of amides is 1. The van der Waals surface area contributed by atoms with Crippen LogP contribution in [0.3, 0.4) is 0 Å². The topological polar surface area (TPSA) is 68.0 Å². The van der Waals surface area contributed by atoms with E-state index >= 15 is 0 Å². The summed E-state index contributed by atoms with van der Waals surface area (Å²) in [5.41, 5.74) is 2.38. The second-order valence-electron chi connectivity index (χ2n) is 5.18. The summed E-state index contributed by atoms with van der Waals surface area (Å²) in [4.78, 5) is 12.0. The van der Waals surface area contributed by atoms with Crippen LogP contribution in [0.4, 0.5) is 10.1 Å². The second-order valence-corrected chi connectivity index (χ2v) is 6.96. The maximum absolute atomic E-state index is 12.9. The lowest BCUT2D eigenvalue weighted by molar-refractivity contribution is -0.113. The first-order chi connectivity index (χ1) is 12.0. The fraction of sp³-hybridized carbons (Fsp3) is 0.118. The summed E-state index contributed by atoms with van der Waals surface area (Å²) in [5, 5.41) is 10.9. The zero-order valence-electron chi connectivity index (χ0n) is 13.1. The number of nitrogens with one attached hydrogen (secondary N) is 1. The highest BCUT2D eigenvalue weighted by Gasteiger charge is 2.11. The second kappa shape index (κ2) is 7.79. The fourth-order valence-corrected chi connectivity index (χ4v) is 2.83. The van der Waals surface area contributed by atoms with Crippen molar-refractivity contribution in [2.75, 3.05) is 11.1 Å². The molecule has 8 heteroatoms. The molecule has 0 spiro atoms. The predicted molar refractivity (Wildman–Crippen MR) is 97.9 cm³/mol. The third kappa shape index (κ3) is 4.67. The van der Waals surface area contributed by atoms with Gasteiger partial charge in [0.05, 0.1) is 5.75 Å². The number of carbonyl (C=O) groups excluding carboxylic acids is 1. The van der Waals surface area contributed by atoms with Crippen LogP contribution in [0.1, 0.15) is 5.56 Å². The van der Waals surface area contributed by atoms with Crippen LogP contribution in [0.15, 0.2) is 56.6 Å². The van der Waals surface area contributed by atoms with Crippen LogP contribution in [0.5, 0.6) is 0 Å². The van der Waals surface area contributed by atoms with E-state index in [1.165, 1.54) is 12.1 Å². The SMILES string of the molecule is Cc1cc(NC(=O)CSc2nnc(-c3ccc(F)cc3)o2)ccc1Br. The van der Waals surface area contributed by atoms with Crippen LogP contribution in [0.25, 0.3) is 11.5 Å². The lowest BCUT2D eigenvalue weighted by atomic mass is 10.2. The number of rotatable bonds is 5. The molecule has 0 fully saturated rings. The molecule has 25 heavy (non-hydrogen) atoms. The average Bonchev–Trinajstić information content (AvgIpc) is 3.06. The number of halogens is 2. The lowest BCUT2D eigenvalue weighted by Gasteiger charge is -2.06. The van der Waals surface area contributed by atoms with Gasteiger partial charge in [0.15, 0.2) is 0 Å². The van der Waals surface area contributed by atoms with Gasteiger partial charge in [-0.15, -0.1) is 10.2 Å². The van der Waals surface area contributed by atoms with E-state index in [-0.39, 0.29) is 28.6 Å². The first-order valence-corrected chi connectivity index (χ1v) is 9.07. The van der Waals surface area contributed by atoms with Crippen molar-refractivity contribution >= 4 is 39.3 Å². The normalized spacial score (nSPS) is 10.7. The number of hydrogen-bond donors (Lipinski definition) is 1. The molecule has 1 heterocycles. The molecule has 128 valence electrons. The minimum atomic E-state index is -0.335. The zero-order valence-corrected chi connectivity index (χ0v) is 15.5. The van der Waals surface area contributed by atoms with Crippen molar-refractivity contribution in [3.8, 4) is 11.5 Å². The van der Waals surface area contributed by atoms with Crippen molar-refractivity contribution in [3.05, 3.63) is 58.3 Å². The van der Waals surface area contributed by atoms with Crippen LogP contribution in [0.2, 0.25) is 0 Å². The molecule has 0 radical (unpaired) electrons. The Balaban J connectivity index is 1.57. The number of carbonyl (C=O) groups is 1. The molecule has 1 aromatic heterocycles. The molecule has 1 amide bonds. The summed E-state index contributed by atoms with van der Waals surface area (Å²) in [6.45, 7) is 1.95. The number of aryl methyl sites for hydroxylation is 1. The van der Waals surface area contributed by atoms with E-state index in [0.717, 1.165) is 27.5 Å². The van der Waals surface area contributed by atoms with E-state index in [2.05, 4.69) is 31.4 Å². The maximum atomic E-state index is 12.9. The Morgan fingerprint density at radius 2 is 2.00 bits per heavy atom. The van der Waals surface area contributed by atoms with Gasteiger partial charge in [0.1, 0.15) is 5.82 Å². The van der Waals surface area contributed by atoms with Crippen molar-refractivity contribution in [2.45, 2.75) is 12.1 Å². The Kier molecular flexibility index (Phi) is 5.50. The third-order valence-electron chi connectivity index (χ3n) is 3.27. The molecule has 0 saturated carbocycles. The molecule has 2 aromatic carbocycles. The Hall–Kier alpha value is -2.19. The monoisotopic (exact) mass is 421 g/mol. The van der Waals surface area contributed by atoms with Gasteiger partial charge in [0, 0.05) is 15.7 Å². The Labute approximate surface area is 156 Å². The van der Waals surface area contributed by atoms with Crippen molar-refractivity contribution < 1.29 is 13.6 Å². The highest BCUT2D eigenvalue weighted by atomic mass is 79.9. The van der Waals surface area contributed by atoms with Crippen LogP contribution >= 0.6 is 27.7 Å². The zero-order chi connectivity index (χ0) is 17.8. The molecule has 0 saturated heterocycles. The van der Waals surface area contributed by atoms with E-state index < -0.39 is 0 Å². The fourth-order valence-electron chi connectivity index (χ4n) is 2.02. The van der Waals surface area contributed by atoms with Gasteiger partial charge in [-0.25, -0.2) is 4.39 Å². The molecule has 0 aliphatic heterocycles. The van der Waals surface area contributed by atoms with Gasteiger partial charge >= 0.3 is 0 Å². The molecule has 0 unspecified atom stereocenters. The minimum Gasteiger partial charge on any atom is -0.411 e. The van der Waals surface area contributed by atoms with Crippen molar-refractivity contribution in [2.24, 2.45) is 0 Å². The largest absolute Gasteiger partial charge is 0.411 e. The Morgan fingerprint density at radius 3 is 2.72 bits per heavy atom. The number of thioether (sulfide) groups is 1. The number of anilines is 1. The molecule has 0 aliphatic rings. The standard InChI is InChI=1S/C17H13BrFN3O2S/c1-10-8-13(6-7-14(10)18)20-15(23)9-25-17-22-21-16(24-17)11-2-4-12(19)5-3-11/h2-8H,9H2,1H3,(H,20,23). The maximum Gasteiger partial charge on any atom is 0.277 e. The molecule has 1 N–H and O–H groups in total. The Bertz CT molecular complexity index is 899. The molecule has 5 nitrogen and oxygen atoms in total. The van der Waals surface area contributed by atoms with Gasteiger partial charge in [0.25, 0.3) is 5.22 Å². The molecule has 3 aromatic rings. The summed E-state index contributed by atoms with van der Waals surface area (Å²) in [6, 6.07) is 11.3. The molecule has 3 rings (SSSR count). The first-order valence-electron chi connectivity index (χ1n) is 7.29. The van der Waals surface area contributed by atoms with Crippen molar-refractivity contribution in [1.82, 2.24) is 10.2 Å².